The SMILES string of the molecule is Sc1c(N=CCl)ccc2sc3cccc(Cl)c3c12. The van der Waals surface area contributed by atoms with Gasteiger partial charge in [-0.1, -0.05) is 29.3 Å². The smallest absolute Gasteiger partial charge is 0.0934 e. The van der Waals surface area contributed by atoms with Crippen LogP contribution in [0.4, 0.5) is 5.69 Å². The molecular weight excluding hydrogens is 305 g/mol. The van der Waals surface area contributed by atoms with Gasteiger partial charge in [-0.3, -0.25) is 0 Å². The molecule has 0 amide bonds. The minimum absolute atomic E-state index is 0.737. The molecule has 0 saturated heterocycles. The van der Waals surface area contributed by atoms with Crippen LogP contribution in [0.3, 0.4) is 0 Å². The molecule has 0 atom stereocenters. The number of thiophene rings is 1. The van der Waals surface area contributed by atoms with E-state index < -0.39 is 0 Å². The van der Waals surface area contributed by atoms with E-state index in [0.29, 0.717) is 0 Å². The summed E-state index contributed by atoms with van der Waals surface area (Å²) in [4.78, 5) is 4.91. The van der Waals surface area contributed by atoms with Crippen LogP contribution in [-0.2, 0) is 0 Å². The lowest BCUT2D eigenvalue weighted by Crippen LogP contribution is -1.74. The van der Waals surface area contributed by atoms with Crippen LogP contribution in [0.2, 0.25) is 5.02 Å². The summed E-state index contributed by atoms with van der Waals surface area (Å²) in [6.45, 7) is 0. The number of aliphatic imine (C=N–C) groups is 1. The second kappa shape index (κ2) is 4.74. The molecule has 3 aromatic rings. The first-order valence-electron chi connectivity index (χ1n) is 5.18. The van der Waals surface area contributed by atoms with Gasteiger partial charge in [0.05, 0.1) is 11.4 Å². The Labute approximate surface area is 123 Å². The van der Waals surface area contributed by atoms with E-state index in [0.717, 1.165) is 35.8 Å². The van der Waals surface area contributed by atoms with E-state index in [1.165, 1.54) is 5.67 Å². The van der Waals surface area contributed by atoms with Gasteiger partial charge in [0.15, 0.2) is 0 Å². The monoisotopic (exact) mass is 311 g/mol. The molecule has 18 heavy (non-hydrogen) atoms. The number of fused-ring (bicyclic) bond motifs is 3. The lowest BCUT2D eigenvalue weighted by atomic mass is 10.1. The fraction of sp³-hybridized carbons (Fsp3) is 0. The summed E-state index contributed by atoms with van der Waals surface area (Å²) in [6.07, 6.45) is 0. The van der Waals surface area contributed by atoms with E-state index in [9.17, 15) is 0 Å². The molecule has 0 unspecified atom stereocenters. The predicted molar refractivity (Wildman–Crippen MR) is 85.6 cm³/mol. The molecular formula is C13H7Cl2NS2. The number of rotatable bonds is 1. The average Bonchev–Trinajstić information content (AvgIpc) is 2.73. The summed E-state index contributed by atoms with van der Waals surface area (Å²) in [5.74, 6) is 0. The van der Waals surface area contributed by atoms with Crippen LogP contribution in [-0.4, -0.2) is 5.67 Å². The normalized spacial score (nSPS) is 11.9. The van der Waals surface area contributed by atoms with Gasteiger partial charge in [0, 0.05) is 30.1 Å². The number of benzene rings is 2. The molecule has 90 valence electrons. The number of hydrogen-bond donors (Lipinski definition) is 1. The van der Waals surface area contributed by atoms with Crippen molar-refractivity contribution in [2.75, 3.05) is 0 Å². The second-order valence-corrected chi connectivity index (χ2v) is 5.88. The van der Waals surface area contributed by atoms with Crippen molar-refractivity contribution in [3.63, 3.8) is 0 Å². The summed E-state index contributed by atoms with van der Waals surface area (Å²) in [6, 6.07) is 9.84. The molecule has 0 aliphatic carbocycles. The van der Waals surface area contributed by atoms with Crippen molar-refractivity contribution in [1.29, 1.82) is 0 Å². The Bertz CT molecular complexity index is 777. The highest BCUT2D eigenvalue weighted by molar-refractivity contribution is 7.80. The molecule has 1 heterocycles. The standard InChI is InChI=1S/C13H7Cl2NS2/c14-6-16-8-4-5-10-12(13(8)17)11-7(15)2-1-3-9(11)18-10/h1-6,17H. The van der Waals surface area contributed by atoms with Crippen molar-refractivity contribution < 1.29 is 0 Å². The van der Waals surface area contributed by atoms with Gasteiger partial charge in [0.1, 0.15) is 0 Å². The lowest BCUT2D eigenvalue weighted by molar-refractivity contribution is 1.46. The Balaban J connectivity index is 2.52. The van der Waals surface area contributed by atoms with Gasteiger partial charge in [-0.2, -0.15) is 0 Å². The van der Waals surface area contributed by atoms with E-state index >= 15 is 0 Å². The van der Waals surface area contributed by atoms with Gasteiger partial charge in [-0.05, 0) is 24.3 Å². The molecule has 5 heteroatoms. The van der Waals surface area contributed by atoms with Crippen molar-refractivity contribution in [2.45, 2.75) is 4.90 Å². The van der Waals surface area contributed by atoms with E-state index in [1.807, 2.05) is 24.3 Å². The summed E-state index contributed by atoms with van der Waals surface area (Å²) < 4.78 is 2.30. The molecule has 0 bridgehead atoms. The third-order valence-electron chi connectivity index (χ3n) is 2.75. The Morgan fingerprint density at radius 1 is 1.11 bits per heavy atom. The fourth-order valence-electron chi connectivity index (χ4n) is 2.00. The van der Waals surface area contributed by atoms with Crippen LogP contribution in [0.25, 0.3) is 20.2 Å². The van der Waals surface area contributed by atoms with Crippen LogP contribution in [0, 0.1) is 0 Å². The Morgan fingerprint density at radius 2 is 1.89 bits per heavy atom. The first-order chi connectivity index (χ1) is 8.72. The van der Waals surface area contributed by atoms with Gasteiger partial charge < -0.3 is 0 Å². The van der Waals surface area contributed by atoms with Crippen LogP contribution < -0.4 is 0 Å². The van der Waals surface area contributed by atoms with Gasteiger partial charge in [-0.25, -0.2) is 4.99 Å². The topological polar surface area (TPSA) is 12.4 Å². The maximum atomic E-state index is 6.29. The van der Waals surface area contributed by atoms with Crippen molar-refractivity contribution in [3.05, 3.63) is 35.4 Å². The maximum Gasteiger partial charge on any atom is 0.0934 e. The summed E-state index contributed by atoms with van der Waals surface area (Å²) in [5.41, 5.74) is 2.00. The molecule has 0 aliphatic heterocycles. The summed E-state index contributed by atoms with van der Waals surface area (Å²) in [7, 11) is 0. The number of hydrogen-bond acceptors (Lipinski definition) is 3. The zero-order chi connectivity index (χ0) is 12.7. The molecule has 0 fully saturated rings. The van der Waals surface area contributed by atoms with E-state index in [1.54, 1.807) is 11.3 Å². The predicted octanol–water partition coefficient (Wildman–Crippen LogP) is 5.90. The largest absolute Gasteiger partial charge is 0.243 e. The van der Waals surface area contributed by atoms with E-state index in [4.69, 9.17) is 23.2 Å². The highest BCUT2D eigenvalue weighted by atomic mass is 35.5. The van der Waals surface area contributed by atoms with Gasteiger partial charge in [0.25, 0.3) is 0 Å². The third kappa shape index (κ3) is 1.82. The Hall–Kier alpha value is -0.740. The highest BCUT2D eigenvalue weighted by Crippen LogP contribution is 2.43. The zero-order valence-electron chi connectivity index (χ0n) is 9.02. The molecule has 0 N–H and O–H groups in total. The van der Waals surface area contributed by atoms with Crippen LogP contribution >= 0.6 is 47.2 Å². The average molecular weight is 312 g/mol. The van der Waals surface area contributed by atoms with E-state index in [2.05, 4.69) is 23.7 Å². The second-order valence-electron chi connectivity index (χ2n) is 3.75. The van der Waals surface area contributed by atoms with Crippen molar-refractivity contribution in [2.24, 2.45) is 4.99 Å². The van der Waals surface area contributed by atoms with Crippen molar-refractivity contribution >= 4 is 78.7 Å². The molecule has 0 saturated carbocycles. The number of thiol groups is 1. The number of nitrogens with zero attached hydrogens (tertiary/aromatic N) is 1. The quantitative estimate of drug-likeness (QED) is 0.424. The van der Waals surface area contributed by atoms with E-state index in [-0.39, 0.29) is 0 Å². The molecule has 0 aliphatic rings. The molecule has 1 nitrogen and oxygen atoms in total. The zero-order valence-corrected chi connectivity index (χ0v) is 12.2. The van der Waals surface area contributed by atoms with Crippen LogP contribution in [0.15, 0.2) is 40.2 Å². The van der Waals surface area contributed by atoms with Crippen molar-refractivity contribution in [3.8, 4) is 0 Å². The minimum Gasteiger partial charge on any atom is -0.243 e. The van der Waals surface area contributed by atoms with Gasteiger partial charge in [0.2, 0.25) is 0 Å². The number of halogens is 2. The van der Waals surface area contributed by atoms with Crippen molar-refractivity contribution in [1.82, 2.24) is 0 Å². The molecule has 2 aromatic carbocycles. The van der Waals surface area contributed by atoms with Gasteiger partial charge >= 0.3 is 0 Å². The summed E-state index contributed by atoms with van der Waals surface area (Å²) >= 11 is 18.1. The highest BCUT2D eigenvalue weighted by Gasteiger charge is 2.12. The first kappa shape index (κ1) is 12.3. The summed E-state index contributed by atoms with van der Waals surface area (Å²) in [5, 5.41) is 2.82. The van der Waals surface area contributed by atoms with Gasteiger partial charge in [-0.15, -0.1) is 24.0 Å². The molecule has 0 radical (unpaired) electrons. The Kier molecular flexibility index (Phi) is 3.24. The maximum absolute atomic E-state index is 6.29. The third-order valence-corrected chi connectivity index (χ3v) is 4.74. The first-order valence-corrected chi connectivity index (χ1v) is 7.25. The van der Waals surface area contributed by atoms with Crippen LogP contribution in [0.5, 0.6) is 0 Å². The lowest BCUT2D eigenvalue weighted by Gasteiger charge is -2.02. The minimum atomic E-state index is 0.737. The molecule has 3 rings (SSSR count). The van der Waals surface area contributed by atoms with Crippen LogP contribution in [0.1, 0.15) is 0 Å². The Morgan fingerprint density at radius 3 is 2.67 bits per heavy atom. The fourth-order valence-corrected chi connectivity index (χ4v) is 4.01. The molecule has 0 spiro atoms. The molecule has 1 aromatic heterocycles.